The number of hydrogen-bond acceptors (Lipinski definition) is 2. The van der Waals surface area contributed by atoms with Crippen LogP contribution in [0.4, 0.5) is 0 Å². The summed E-state index contributed by atoms with van der Waals surface area (Å²) in [5, 5.41) is 3.17. The smallest absolute Gasteiger partial charge is 0.0754 e. The summed E-state index contributed by atoms with van der Waals surface area (Å²) in [6.45, 7) is 2.87. The van der Waals surface area contributed by atoms with E-state index in [0.717, 1.165) is 19.7 Å². The van der Waals surface area contributed by atoms with Crippen LogP contribution >= 0.6 is 0 Å². The van der Waals surface area contributed by atoms with Crippen molar-refractivity contribution >= 4 is 0 Å². The Morgan fingerprint density at radius 2 is 2.57 bits per heavy atom. The Balaban J connectivity index is 1.96. The molecule has 1 aliphatic rings. The molecule has 1 atom stereocenters. The monoisotopic (exact) mass is 194 g/mol. The molecule has 0 aliphatic carbocycles. The minimum absolute atomic E-state index is 0.429. The summed E-state index contributed by atoms with van der Waals surface area (Å²) in [6.07, 6.45) is 4.98. The van der Waals surface area contributed by atoms with Crippen molar-refractivity contribution in [2.45, 2.75) is 32.0 Å². The maximum Gasteiger partial charge on any atom is 0.0754 e. The van der Waals surface area contributed by atoms with Gasteiger partial charge in [0.1, 0.15) is 0 Å². The van der Waals surface area contributed by atoms with Crippen LogP contribution in [0.15, 0.2) is 18.3 Å². The van der Waals surface area contributed by atoms with Crippen molar-refractivity contribution in [3.05, 3.63) is 24.0 Å². The molecule has 0 bridgehead atoms. The lowest BCUT2D eigenvalue weighted by molar-refractivity contribution is 0.0964. The molecule has 0 aromatic carbocycles. The number of nitrogens with zero attached hydrogens (tertiary/aromatic N) is 1. The van der Waals surface area contributed by atoms with Gasteiger partial charge in [0.25, 0.3) is 0 Å². The molecule has 1 unspecified atom stereocenters. The molecule has 78 valence electrons. The molecule has 0 radical (unpaired) electrons. The Bertz CT molecular complexity index is 277. The van der Waals surface area contributed by atoms with E-state index in [0.29, 0.717) is 6.10 Å². The molecular formula is C11H18N2O. The fourth-order valence-electron chi connectivity index (χ4n) is 1.98. The second kappa shape index (κ2) is 4.62. The first-order valence-electron chi connectivity index (χ1n) is 5.30. The molecule has 1 saturated heterocycles. The van der Waals surface area contributed by atoms with Crippen molar-refractivity contribution in [2.24, 2.45) is 0 Å². The van der Waals surface area contributed by atoms with E-state index in [2.05, 4.69) is 28.2 Å². The highest BCUT2D eigenvalue weighted by Gasteiger charge is 2.16. The number of hydrogen-bond donors (Lipinski definition) is 1. The number of ether oxygens (including phenoxy) is 1. The average molecular weight is 194 g/mol. The Morgan fingerprint density at radius 1 is 1.64 bits per heavy atom. The van der Waals surface area contributed by atoms with E-state index in [4.69, 9.17) is 4.74 Å². The zero-order valence-electron chi connectivity index (χ0n) is 8.70. The topological polar surface area (TPSA) is 26.2 Å². The van der Waals surface area contributed by atoms with Crippen LogP contribution in [0.5, 0.6) is 0 Å². The first-order chi connectivity index (χ1) is 6.90. The number of rotatable bonds is 4. The summed E-state index contributed by atoms with van der Waals surface area (Å²) in [4.78, 5) is 0. The van der Waals surface area contributed by atoms with Gasteiger partial charge >= 0.3 is 0 Å². The second-order valence-electron chi connectivity index (χ2n) is 3.82. The molecule has 3 heteroatoms. The van der Waals surface area contributed by atoms with Crippen LogP contribution in [0, 0.1) is 0 Å². The highest BCUT2D eigenvalue weighted by Crippen LogP contribution is 2.15. The molecule has 1 aromatic rings. The van der Waals surface area contributed by atoms with Crippen molar-refractivity contribution < 1.29 is 4.74 Å². The van der Waals surface area contributed by atoms with Crippen LogP contribution in [0.3, 0.4) is 0 Å². The largest absolute Gasteiger partial charge is 0.376 e. The van der Waals surface area contributed by atoms with Crippen molar-refractivity contribution in [3.63, 3.8) is 0 Å². The van der Waals surface area contributed by atoms with Gasteiger partial charge in [-0.15, -0.1) is 0 Å². The van der Waals surface area contributed by atoms with E-state index < -0.39 is 0 Å². The summed E-state index contributed by atoms with van der Waals surface area (Å²) in [5.74, 6) is 0. The first-order valence-corrected chi connectivity index (χ1v) is 5.30. The Labute approximate surface area is 85.1 Å². The highest BCUT2D eigenvalue weighted by molar-refractivity contribution is 5.07. The summed E-state index contributed by atoms with van der Waals surface area (Å²) < 4.78 is 7.90. The SMILES string of the molecule is CNCc1cccn1CC1CCCO1. The molecule has 3 nitrogen and oxygen atoms in total. The van der Waals surface area contributed by atoms with E-state index >= 15 is 0 Å². The quantitative estimate of drug-likeness (QED) is 0.784. The van der Waals surface area contributed by atoms with Gasteiger partial charge in [-0.05, 0) is 32.0 Å². The lowest BCUT2D eigenvalue weighted by atomic mass is 10.2. The van der Waals surface area contributed by atoms with Gasteiger partial charge in [-0.3, -0.25) is 0 Å². The van der Waals surface area contributed by atoms with Crippen molar-refractivity contribution in [1.29, 1.82) is 0 Å². The van der Waals surface area contributed by atoms with Crippen LogP contribution in [0.1, 0.15) is 18.5 Å². The fraction of sp³-hybridized carbons (Fsp3) is 0.636. The van der Waals surface area contributed by atoms with Crippen molar-refractivity contribution in [1.82, 2.24) is 9.88 Å². The van der Waals surface area contributed by atoms with E-state index in [1.54, 1.807) is 0 Å². The molecule has 1 aromatic heterocycles. The minimum Gasteiger partial charge on any atom is -0.376 e. The Hall–Kier alpha value is -0.800. The molecular weight excluding hydrogens is 176 g/mol. The fourth-order valence-corrected chi connectivity index (χ4v) is 1.98. The first kappa shape index (κ1) is 9.74. The molecule has 2 heterocycles. The van der Waals surface area contributed by atoms with Crippen molar-refractivity contribution in [2.75, 3.05) is 13.7 Å². The lowest BCUT2D eigenvalue weighted by Crippen LogP contribution is -2.18. The Kier molecular flexibility index (Phi) is 3.22. The standard InChI is InChI=1S/C11H18N2O/c1-12-8-10-4-2-6-13(10)9-11-5-3-7-14-11/h2,4,6,11-12H,3,5,7-9H2,1H3. The van der Waals surface area contributed by atoms with Gasteiger partial charge in [-0.2, -0.15) is 0 Å². The lowest BCUT2D eigenvalue weighted by Gasteiger charge is -2.13. The Morgan fingerprint density at radius 3 is 3.29 bits per heavy atom. The zero-order chi connectivity index (χ0) is 9.80. The molecule has 1 aliphatic heterocycles. The van der Waals surface area contributed by atoms with Crippen molar-refractivity contribution in [3.8, 4) is 0 Å². The van der Waals surface area contributed by atoms with Gasteiger partial charge < -0.3 is 14.6 Å². The number of nitrogens with one attached hydrogen (secondary N) is 1. The van der Waals surface area contributed by atoms with Crippen LogP contribution in [-0.4, -0.2) is 24.3 Å². The van der Waals surface area contributed by atoms with E-state index in [9.17, 15) is 0 Å². The summed E-state index contributed by atoms with van der Waals surface area (Å²) in [6, 6.07) is 4.26. The summed E-state index contributed by atoms with van der Waals surface area (Å²) >= 11 is 0. The van der Waals surface area contributed by atoms with Crippen LogP contribution < -0.4 is 5.32 Å². The van der Waals surface area contributed by atoms with E-state index in [-0.39, 0.29) is 0 Å². The van der Waals surface area contributed by atoms with Crippen LogP contribution in [0.25, 0.3) is 0 Å². The molecule has 0 saturated carbocycles. The molecule has 1 fully saturated rings. The van der Waals surface area contributed by atoms with Gasteiger partial charge in [0, 0.05) is 31.6 Å². The molecule has 1 N–H and O–H groups in total. The third-order valence-corrected chi connectivity index (χ3v) is 2.71. The molecule has 0 spiro atoms. The van der Waals surface area contributed by atoms with Gasteiger partial charge in [0.05, 0.1) is 6.10 Å². The van der Waals surface area contributed by atoms with Gasteiger partial charge in [0.2, 0.25) is 0 Å². The minimum atomic E-state index is 0.429. The molecule has 0 amide bonds. The predicted octanol–water partition coefficient (Wildman–Crippen LogP) is 1.39. The summed E-state index contributed by atoms with van der Waals surface area (Å²) in [7, 11) is 1.98. The summed E-state index contributed by atoms with van der Waals surface area (Å²) in [5.41, 5.74) is 1.34. The number of aromatic nitrogens is 1. The van der Waals surface area contributed by atoms with Gasteiger partial charge in [-0.1, -0.05) is 0 Å². The maximum absolute atomic E-state index is 5.62. The third-order valence-electron chi connectivity index (χ3n) is 2.71. The van der Waals surface area contributed by atoms with E-state index in [1.165, 1.54) is 18.5 Å². The zero-order valence-corrected chi connectivity index (χ0v) is 8.70. The van der Waals surface area contributed by atoms with Gasteiger partial charge in [0.15, 0.2) is 0 Å². The normalized spacial score (nSPS) is 21.6. The predicted molar refractivity (Wildman–Crippen MR) is 56.2 cm³/mol. The maximum atomic E-state index is 5.62. The molecule has 2 rings (SSSR count). The average Bonchev–Trinajstić information content (AvgIpc) is 2.80. The highest BCUT2D eigenvalue weighted by atomic mass is 16.5. The molecule has 14 heavy (non-hydrogen) atoms. The van der Waals surface area contributed by atoms with Gasteiger partial charge in [-0.25, -0.2) is 0 Å². The van der Waals surface area contributed by atoms with E-state index in [1.807, 2.05) is 7.05 Å². The third kappa shape index (κ3) is 2.16. The second-order valence-corrected chi connectivity index (χ2v) is 3.82. The van der Waals surface area contributed by atoms with Crippen LogP contribution in [-0.2, 0) is 17.8 Å². The van der Waals surface area contributed by atoms with Crippen LogP contribution in [0.2, 0.25) is 0 Å².